The summed E-state index contributed by atoms with van der Waals surface area (Å²) in [5, 5.41) is 10.6. The molecule has 130 valence electrons. The highest BCUT2D eigenvalue weighted by atomic mass is 16.5. The molecule has 5 nitrogen and oxygen atoms in total. The zero-order chi connectivity index (χ0) is 18.1. The zero-order valence-corrected chi connectivity index (χ0v) is 14.4. The number of carbonyl (C=O) groups excluding carboxylic acids is 2. The van der Waals surface area contributed by atoms with Crippen LogP contribution in [0.5, 0.6) is 17.2 Å². The van der Waals surface area contributed by atoms with Crippen molar-refractivity contribution in [3.8, 4) is 17.2 Å². The van der Waals surface area contributed by atoms with Gasteiger partial charge in [-0.2, -0.15) is 0 Å². The first-order valence-electron chi connectivity index (χ1n) is 8.21. The standard InChI is InChI=1S/C20H20O5/c1-11(2)24-14-6-4-13(5-7-14)16-10-18(22)25-17-9-8-15(12(3)21)20(23)19(16)17/h4-9,11,16,23H,10H2,1-3H3. The maximum Gasteiger partial charge on any atom is 0.312 e. The number of Topliss-reactive ketones (excluding diaryl/α,β-unsaturated/α-hetero) is 1. The van der Waals surface area contributed by atoms with E-state index in [1.807, 2.05) is 38.1 Å². The topological polar surface area (TPSA) is 72.8 Å². The summed E-state index contributed by atoms with van der Waals surface area (Å²) in [6.45, 7) is 5.29. The number of hydrogen-bond acceptors (Lipinski definition) is 5. The van der Waals surface area contributed by atoms with Crippen LogP contribution in [0.1, 0.15) is 54.6 Å². The van der Waals surface area contributed by atoms with Gasteiger partial charge in [0.15, 0.2) is 5.78 Å². The Hall–Kier alpha value is -2.82. The summed E-state index contributed by atoms with van der Waals surface area (Å²) in [5.41, 5.74) is 1.55. The van der Waals surface area contributed by atoms with Crippen LogP contribution in [-0.2, 0) is 4.79 Å². The molecule has 0 saturated heterocycles. The van der Waals surface area contributed by atoms with E-state index in [0.29, 0.717) is 11.3 Å². The third-order valence-corrected chi connectivity index (χ3v) is 4.15. The van der Waals surface area contributed by atoms with Crippen LogP contribution in [0.25, 0.3) is 0 Å². The first-order chi connectivity index (χ1) is 11.9. The first kappa shape index (κ1) is 17.0. The Balaban J connectivity index is 2.05. The molecule has 0 aliphatic carbocycles. The molecule has 1 atom stereocenters. The molecule has 0 bridgehead atoms. The predicted molar refractivity (Wildman–Crippen MR) is 92.4 cm³/mol. The van der Waals surface area contributed by atoms with Gasteiger partial charge in [-0.05, 0) is 50.6 Å². The van der Waals surface area contributed by atoms with Crippen molar-refractivity contribution >= 4 is 11.8 Å². The Bertz CT molecular complexity index is 821. The van der Waals surface area contributed by atoms with E-state index in [2.05, 4.69) is 0 Å². The van der Waals surface area contributed by atoms with Crippen molar-refractivity contribution in [2.45, 2.75) is 39.2 Å². The minimum absolute atomic E-state index is 0.0680. The summed E-state index contributed by atoms with van der Waals surface area (Å²) in [7, 11) is 0. The minimum atomic E-state index is -0.372. The zero-order valence-electron chi connectivity index (χ0n) is 14.4. The lowest BCUT2D eigenvalue weighted by Gasteiger charge is -2.26. The molecule has 2 aromatic rings. The lowest BCUT2D eigenvalue weighted by molar-refractivity contribution is -0.135. The number of phenols is 1. The summed E-state index contributed by atoms with van der Waals surface area (Å²) in [5.74, 6) is -0.0643. The molecule has 0 radical (unpaired) electrons. The van der Waals surface area contributed by atoms with E-state index in [1.54, 1.807) is 6.07 Å². The van der Waals surface area contributed by atoms with E-state index in [0.717, 1.165) is 11.3 Å². The second kappa shape index (κ2) is 6.59. The highest BCUT2D eigenvalue weighted by Gasteiger charge is 2.32. The summed E-state index contributed by atoms with van der Waals surface area (Å²) < 4.78 is 10.9. The smallest absolute Gasteiger partial charge is 0.312 e. The van der Waals surface area contributed by atoms with Gasteiger partial charge in [0.2, 0.25) is 0 Å². The van der Waals surface area contributed by atoms with Crippen molar-refractivity contribution in [3.63, 3.8) is 0 Å². The average molecular weight is 340 g/mol. The van der Waals surface area contributed by atoms with E-state index in [-0.39, 0.29) is 41.5 Å². The highest BCUT2D eigenvalue weighted by molar-refractivity contribution is 5.98. The maximum absolute atomic E-state index is 12.0. The van der Waals surface area contributed by atoms with Crippen molar-refractivity contribution in [2.75, 3.05) is 0 Å². The van der Waals surface area contributed by atoms with Crippen LogP contribution in [0.4, 0.5) is 0 Å². The average Bonchev–Trinajstić information content (AvgIpc) is 2.54. The van der Waals surface area contributed by atoms with Gasteiger partial charge in [0.05, 0.1) is 18.1 Å². The summed E-state index contributed by atoms with van der Waals surface area (Å²) >= 11 is 0. The summed E-state index contributed by atoms with van der Waals surface area (Å²) in [6, 6.07) is 10.4. The number of carbonyl (C=O) groups is 2. The van der Waals surface area contributed by atoms with Crippen LogP contribution < -0.4 is 9.47 Å². The number of hydrogen-bond donors (Lipinski definition) is 1. The van der Waals surface area contributed by atoms with Crippen LogP contribution in [0, 0.1) is 0 Å². The monoisotopic (exact) mass is 340 g/mol. The molecular weight excluding hydrogens is 320 g/mol. The number of aromatic hydroxyl groups is 1. The largest absolute Gasteiger partial charge is 0.507 e. The van der Waals surface area contributed by atoms with Crippen LogP contribution in [0.15, 0.2) is 36.4 Å². The van der Waals surface area contributed by atoms with Crippen molar-refractivity contribution in [1.29, 1.82) is 0 Å². The van der Waals surface area contributed by atoms with Gasteiger partial charge in [-0.3, -0.25) is 9.59 Å². The fourth-order valence-electron chi connectivity index (χ4n) is 3.07. The van der Waals surface area contributed by atoms with Gasteiger partial charge >= 0.3 is 5.97 Å². The second-order valence-corrected chi connectivity index (χ2v) is 6.40. The SMILES string of the molecule is CC(=O)c1ccc2c(c1O)C(c1ccc(OC(C)C)cc1)CC(=O)O2. The highest BCUT2D eigenvalue weighted by Crippen LogP contribution is 2.45. The molecule has 1 unspecified atom stereocenters. The predicted octanol–water partition coefficient (Wildman–Crippen LogP) is 3.82. The number of phenolic OH excluding ortho intramolecular Hbond substituents is 1. The van der Waals surface area contributed by atoms with E-state index >= 15 is 0 Å². The Morgan fingerprint density at radius 1 is 1.20 bits per heavy atom. The fraction of sp³-hybridized carbons (Fsp3) is 0.300. The van der Waals surface area contributed by atoms with Gasteiger partial charge in [0.1, 0.15) is 17.2 Å². The number of benzene rings is 2. The number of fused-ring (bicyclic) bond motifs is 1. The molecule has 25 heavy (non-hydrogen) atoms. The normalized spacial score (nSPS) is 16.3. The van der Waals surface area contributed by atoms with E-state index in [1.165, 1.54) is 13.0 Å². The Morgan fingerprint density at radius 2 is 1.88 bits per heavy atom. The van der Waals surface area contributed by atoms with Crippen LogP contribution in [-0.4, -0.2) is 23.0 Å². The van der Waals surface area contributed by atoms with Gasteiger partial charge in [0, 0.05) is 11.5 Å². The Labute approximate surface area is 146 Å². The van der Waals surface area contributed by atoms with Crippen LogP contribution in [0.2, 0.25) is 0 Å². The summed E-state index contributed by atoms with van der Waals surface area (Å²) in [6.07, 6.45) is 0.171. The molecular formula is C20H20O5. The van der Waals surface area contributed by atoms with E-state index < -0.39 is 0 Å². The molecule has 1 aliphatic heterocycles. The number of ketones is 1. The molecule has 1 N–H and O–H groups in total. The van der Waals surface area contributed by atoms with Crippen molar-refractivity contribution in [3.05, 3.63) is 53.1 Å². The second-order valence-electron chi connectivity index (χ2n) is 6.40. The van der Waals surface area contributed by atoms with E-state index in [4.69, 9.17) is 9.47 Å². The van der Waals surface area contributed by atoms with Crippen molar-refractivity contribution in [2.24, 2.45) is 0 Å². The molecule has 3 rings (SSSR count). The van der Waals surface area contributed by atoms with Crippen LogP contribution >= 0.6 is 0 Å². The van der Waals surface area contributed by atoms with Gasteiger partial charge in [0.25, 0.3) is 0 Å². The third-order valence-electron chi connectivity index (χ3n) is 4.15. The number of esters is 1. The Morgan fingerprint density at radius 3 is 2.48 bits per heavy atom. The molecule has 0 aromatic heterocycles. The number of rotatable bonds is 4. The van der Waals surface area contributed by atoms with Gasteiger partial charge < -0.3 is 14.6 Å². The minimum Gasteiger partial charge on any atom is -0.507 e. The van der Waals surface area contributed by atoms with Crippen molar-refractivity contribution in [1.82, 2.24) is 0 Å². The lowest BCUT2D eigenvalue weighted by Crippen LogP contribution is -2.21. The van der Waals surface area contributed by atoms with E-state index in [9.17, 15) is 14.7 Å². The van der Waals surface area contributed by atoms with Gasteiger partial charge in [-0.15, -0.1) is 0 Å². The summed E-state index contributed by atoms with van der Waals surface area (Å²) in [4.78, 5) is 23.7. The van der Waals surface area contributed by atoms with Crippen molar-refractivity contribution < 1.29 is 24.2 Å². The maximum atomic E-state index is 12.0. The molecule has 0 spiro atoms. The molecule has 2 aromatic carbocycles. The Kier molecular flexibility index (Phi) is 4.49. The molecule has 0 saturated carbocycles. The molecule has 5 heteroatoms. The lowest BCUT2D eigenvalue weighted by atomic mass is 9.84. The van der Waals surface area contributed by atoms with Crippen LogP contribution in [0.3, 0.4) is 0 Å². The number of ether oxygens (including phenoxy) is 2. The quantitative estimate of drug-likeness (QED) is 0.520. The fourth-order valence-corrected chi connectivity index (χ4v) is 3.07. The van der Waals surface area contributed by atoms with Gasteiger partial charge in [-0.25, -0.2) is 0 Å². The molecule has 0 amide bonds. The molecule has 1 heterocycles. The molecule has 1 aliphatic rings. The first-order valence-corrected chi connectivity index (χ1v) is 8.21. The van der Waals surface area contributed by atoms with Gasteiger partial charge in [-0.1, -0.05) is 12.1 Å². The third kappa shape index (κ3) is 3.36. The molecule has 0 fully saturated rings.